The number of nitrogens with zero attached hydrogens (tertiary/aromatic N) is 2. The Bertz CT molecular complexity index is 666. The maximum atomic E-state index is 12.9. The number of rotatable bonds is 1. The number of nitrogen functional groups attached to an aromatic ring is 1. The molecule has 1 atom stereocenters. The van der Waals surface area contributed by atoms with Crippen LogP contribution in [0, 0.1) is 5.92 Å². The number of carbonyl (C=O) groups is 1. The van der Waals surface area contributed by atoms with Crippen molar-refractivity contribution in [2.45, 2.75) is 51.4 Å². The van der Waals surface area contributed by atoms with E-state index in [1.165, 1.54) is 15.8 Å². The second-order valence-electron chi connectivity index (χ2n) is 6.38. The zero-order chi connectivity index (χ0) is 14.4. The lowest BCUT2D eigenvalue weighted by molar-refractivity contribution is 0.0832. The van der Waals surface area contributed by atoms with Gasteiger partial charge in [-0.1, -0.05) is 17.7 Å². The molecule has 4 nitrogen and oxygen atoms in total. The molecule has 3 aliphatic carbocycles. The third kappa shape index (κ3) is 1.96. The smallest absolute Gasteiger partial charge is 0.256 e. The largest absolute Gasteiger partial charge is 0.383 e. The van der Waals surface area contributed by atoms with E-state index in [-0.39, 0.29) is 11.8 Å². The topological polar surface area (TPSA) is 60.9 Å². The summed E-state index contributed by atoms with van der Waals surface area (Å²) in [5, 5.41) is 4.54. The van der Waals surface area contributed by atoms with E-state index in [1.54, 1.807) is 0 Å². The lowest BCUT2D eigenvalue weighted by atomic mass is 9.83. The summed E-state index contributed by atoms with van der Waals surface area (Å²) in [6.45, 7) is 0. The van der Waals surface area contributed by atoms with E-state index in [2.05, 4.69) is 17.3 Å². The molecule has 2 N–H and O–H groups in total. The Hall–Kier alpha value is -1.84. The van der Waals surface area contributed by atoms with Crippen LogP contribution in [0.25, 0.3) is 0 Å². The summed E-state index contributed by atoms with van der Waals surface area (Å²) >= 11 is 0. The van der Waals surface area contributed by atoms with Crippen molar-refractivity contribution in [3.8, 4) is 0 Å². The minimum absolute atomic E-state index is 0.0452. The van der Waals surface area contributed by atoms with Crippen molar-refractivity contribution in [3.05, 3.63) is 34.6 Å². The van der Waals surface area contributed by atoms with Crippen LogP contribution < -0.4 is 5.73 Å². The molecule has 0 bridgehead atoms. The first-order valence-corrected chi connectivity index (χ1v) is 8.04. The number of carbonyl (C=O) groups excluding carboxylic acids is 1. The number of fused-ring (bicyclic) bond motifs is 1. The van der Waals surface area contributed by atoms with Gasteiger partial charge in [0.15, 0.2) is 0 Å². The van der Waals surface area contributed by atoms with E-state index in [0.29, 0.717) is 5.82 Å². The molecule has 1 aromatic rings. The molecular formula is C17H21N3O. The lowest BCUT2D eigenvalue weighted by Crippen LogP contribution is -2.27. The van der Waals surface area contributed by atoms with Gasteiger partial charge in [-0.2, -0.15) is 9.78 Å². The van der Waals surface area contributed by atoms with E-state index in [4.69, 9.17) is 5.73 Å². The first-order valence-electron chi connectivity index (χ1n) is 8.04. The Kier molecular flexibility index (Phi) is 2.98. The molecule has 3 aliphatic rings. The normalized spacial score (nSPS) is 24.1. The summed E-state index contributed by atoms with van der Waals surface area (Å²) in [4.78, 5) is 12.9. The molecule has 0 saturated carbocycles. The standard InChI is InChI=1S/C17H21N3O/c18-16-14-7-1-2-10-15(14)19-20(16)17(21)13-9-4-6-11-5-3-8-12(11)13/h3,8,13H,1-2,4-7,9-10,18H2/t13-/m0/s1. The molecule has 0 radical (unpaired) electrons. The Morgan fingerprint density at radius 3 is 2.95 bits per heavy atom. The molecule has 0 aliphatic heterocycles. The number of aromatic nitrogens is 2. The molecule has 1 heterocycles. The molecule has 21 heavy (non-hydrogen) atoms. The second kappa shape index (κ2) is 4.86. The van der Waals surface area contributed by atoms with Gasteiger partial charge in [0.25, 0.3) is 5.91 Å². The highest BCUT2D eigenvalue weighted by molar-refractivity contribution is 5.87. The van der Waals surface area contributed by atoms with E-state index < -0.39 is 0 Å². The first-order chi connectivity index (χ1) is 10.3. The van der Waals surface area contributed by atoms with Gasteiger partial charge in [-0.15, -0.1) is 0 Å². The molecule has 0 unspecified atom stereocenters. The fourth-order valence-corrected chi connectivity index (χ4v) is 4.00. The summed E-state index contributed by atoms with van der Waals surface area (Å²) < 4.78 is 1.50. The van der Waals surface area contributed by atoms with Crippen LogP contribution in [-0.4, -0.2) is 15.7 Å². The van der Waals surface area contributed by atoms with E-state index in [1.807, 2.05) is 0 Å². The van der Waals surface area contributed by atoms with Crippen molar-refractivity contribution in [1.82, 2.24) is 9.78 Å². The van der Waals surface area contributed by atoms with Crippen LogP contribution >= 0.6 is 0 Å². The molecule has 110 valence electrons. The van der Waals surface area contributed by atoms with Crippen LogP contribution in [0.5, 0.6) is 0 Å². The third-order valence-corrected chi connectivity index (χ3v) is 5.12. The van der Waals surface area contributed by atoms with Crippen molar-refractivity contribution in [1.29, 1.82) is 0 Å². The van der Waals surface area contributed by atoms with Gasteiger partial charge in [0.2, 0.25) is 0 Å². The Labute approximate surface area is 124 Å². The minimum Gasteiger partial charge on any atom is -0.383 e. The minimum atomic E-state index is -0.0452. The van der Waals surface area contributed by atoms with E-state index >= 15 is 0 Å². The molecule has 0 amide bonds. The van der Waals surface area contributed by atoms with Crippen molar-refractivity contribution in [2.24, 2.45) is 5.92 Å². The fraction of sp³-hybridized carbons (Fsp3) is 0.529. The molecule has 4 rings (SSSR count). The van der Waals surface area contributed by atoms with Gasteiger partial charge in [-0.05, 0) is 56.9 Å². The number of nitrogens with two attached hydrogens (primary N) is 1. The van der Waals surface area contributed by atoms with Crippen molar-refractivity contribution in [3.63, 3.8) is 0 Å². The molecule has 0 aromatic carbocycles. The van der Waals surface area contributed by atoms with Crippen LogP contribution in [0.1, 0.15) is 54.6 Å². The second-order valence-corrected chi connectivity index (χ2v) is 6.38. The Morgan fingerprint density at radius 2 is 2.10 bits per heavy atom. The van der Waals surface area contributed by atoms with Gasteiger partial charge < -0.3 is 5.73 Å². The zero-order valence-electron chi connectivity index (χ0n) is 12.3. The van der Waals surface area contributed by atoms with E-state index in [0.717, 1.165) is 62.6 Å². The summed E-state index contributed by atoms with van der Waals surface area (Å²) in [6.07, 6.45) is 12.7. The molecule has 0 saturated heterocycles. The van der Waals surface area contributed by atoms with Gasteiger partial charge in [0, 0.05) is 5.56 Å². The highest BCUT2D eigenvalue weighted by Gasteiger charge is 2.32. The third-order valence-electron chi connectivity index (χ3n) is 5.12. The monoisotopic (exact) mass is 283 g/mol. The van der Waals surface area contributed by atoms with Crippen LogP contribution in [0.15, 0.2) is 23.3 Å². The van der Waals surface area contributed by atoms with Gasteiger partial charge in [-0.25, -0.2) is 0 Å². The zero-order valence-corrected chi connectivity index (χ0v) is 12.3. The number of aryl methyl sites for hydroxylation is 1. The van der Waals surface area contributed by atoms with Crippen LogP contribution in [0.3, 0.4) is 0 Å². The first kappa shape index (κ1) is 12.9. The van der Waals surface area contributed by atoms with E-state index in [9.17, 15) is 4.79 Å². The molecule has 0 fully saturated rings. The van der Waals surface area contributed by atoms with Gasteiger partial charge >= 0.3 is 0 Å². The number of hydrogen-bond donors (Lipinski definition) is 1. The van der Waals surface area contributed by atoms with Gasteiger partial charge in [0.05, 0.1) is 11.6 Å². The van der Waals surface area contributed by atoms with Gasteiger partial charge in [-0.3, -0.25) is 4.79 Å². The fourth-order valence-electron chi connectivity index (χ4n) is 4.00. The summed E-state index contributed by atoms with van der Waals surface area (Å²) in [5.74, 6) is 0.612. The summed E-state index contributed by atoms with van der Waals surface area (Å²) in [5.41, 5.74) is 11.0. The predicted molar refractivity (Wildman–Crippen MR) is 82.0 cm³/mol. The number of allylic oxidation sites excluding steroid dienone is 4. The number of hydrogen-bond acceptors (Lipinski definition) is 3. The van der Waals surface area contributed by atoms with Crippen LogP contribution in [0.4, 0.5) is 5.82 Å². The predicted octanol–water partition coefficient (Wildman–Crippen LogP) is 3.04. The van der Waals surface area contributed by atoms with Crippen LogP contribution in [0.2, 0.25) is 0 Å². The van der Waals surface area contributed by atoms with Crippen molar-refractivity contribution >= 4 is 11.7 Å². The number of anilines is 1. The summed E-state index contributed by atoms with van der Waals surface area (Å²) in [6, 6.07) is 0. The van der Waals surface area contributed by atoms with Crippen molar-refractivity contribution in [2.75, 3.05) is 5.73 Å². The maximum Gasteiger partial charge on any atom is 0.256 e. The highest BCUT2D eigenvalue weighted by atomic mass is 16.2. The molecule has 1 aromatic heterocycles. The maximum absolute atomic E-state index is 12.9. The van der Waals surface area contributed by atoms with Crippen molar-refractivity contribution < 1.29 is 4.79 Å². The average molecular weight is 283 g/mol. The quantitative estimate of drug-likeness (QED) is 0.861. The molecule has 0 spiro atoms. The molecule has 4 heteroatoms. The Balaban J connectivity index is 1.70. The lowest BCUT2D eigenvalue weighted by Gasteiger charge is -2.23. The average Bonchev–Trinajstić information content (AvgIpc) is 3.11. The van der Waals surface area contributed by atoms with Gasteiger partial charge in [0.1, 0.15) is 5.82 Å². The molecular weight excluding hydrogens is 262 g/mol. The summed E-state index contributed by atoms with van der Waals surface area (Å²) in [7, 11) is 0. The van der Waals surface area contributed by atoms with Crippen LogP contribution in [-0.2, 0) is 12.8 Å². The highest BCUT2D eigenvalue weighted by Crippen LogP contribution is 2.38. The Morgan fingerprint density at radius 1 is 1.24 bits per heavy atom. The SMILES string of the molecule is Nc1c2c(nn1C(=O)[C@H]1CCCC3=C1C=CC3)CCCC2.